The maximum atomic E-state index is 12.0. The second-order valence-electron chi connectivity index (χ2n) is 5.06. The summed E-state index contributed by atoms with van der Waals surface area (Å²) in [6.45, 7) is 0. The summed E-state index contributed by atoms with van der Waals surface area (Å²) in [5.74, 6) is -1.75. The predicted molar refractivity (Wildman–Crippen MR) is 85.2 cm³/mol. The molecule has 1 saturated heterocycles. The van der Waals surface area contributed by atoms with Crippen LogP contribution < -0.4 is 15.3 Å². The van der Waals surface area contributed by atoms with Crippen LogP contribution in [0.3, 0.4) is 0 Å². The van der Waals surface area contributed by atoms with Crippen LogP contribution in [-0.4, -0.2) is 30.2 Å². The van der Waals surface area contributed by atoms with Crippen molar-refractivity contribution in [2.45, 2.75) is 6.04 Å². The Kier molecular flexibility index (Phi) is 4.07. The Bertz CT molecular complexity index is 815. The number of hydrogen-bond donors (Lipinski definition) is 1. The molecule has 3 rings (SSSR count). The number of nitrogens with one attached hydrogen (secondary N) is 1. The molecular weight excluding hydrogens is 310 g/mol. The third kappa shape index (κ3) is 3.00. The highest BCUT2D eigenvalue weighted by molar-refractivity contribution is 6.21. The molecule has 1 heterocycles. The largest absolute Gasteiger partial charge is 0.545 e. The average Bonchev–Trinajstić information content (AvgIpc) is 2.87. The predicted octanol–water partition coefficient (Wildman–Crippen LogP) is 0.877. The first-order valence-electron chi connectivity index (χ1n) is 7.11. The number of rotatable bonds is 4. The molecule has 1 N–H and O–H groups in total. The van der Waals surface area contributed by atoms with Gasteiger partial charge in [0.2, 0.25) is 0 Å². The summed E-state index contributed by atoms with van der Waals surface area (Å²) in [6, 6.07) is 13.1. The van der Waals surface area contributed by atoms with E-state index in [9.17, 15) is 19.5 Å². The number of aromatic carboxylic acids is 1. The van der Waals surface area contributed by atoms with E-state index in [1.54, 1.807) is 30.3 Å². The molecule has 2 aromatic rings. The number of amides is 3. The van der Waals surface area contributed by atoms with Crippen LogP contribution in [0.2, 0.25) is 0 Å². The lowest BCUT2D eigenvalue weighted by molar-refractivity contribution is -0.255. The Hall–Kier alpha value is -3.48. The maximum absolute atomic E-state index is 12.0. The molecule has 2 aromatic carbocycles. The van der Waals surface area contributed by atoms with E-state index >= 15 is 0 Å². The zero-order valence-corrected chi connectivity index (χ0v) is 12.4. The fraction of sp³-hybridized carbons (Fsp3) is 0.0588. The van der Waals surface area contributed by atoms with Gasteiger partial charge in [-0.15, -0.1) is 0 Å². The Balaban J connectivity index is 1.85. The van der Waals surface area contributed by atoms with Crippen molar-refractivity contribution in [3.8, 4) is 0 Å². The van der Waals surface area contributed by atoms with Gasteiger partial charge < -0.3 is 9.90 Å². The molecule has 3 amide bonds. The molecule has 7 nitrogen and oxygen atoms in total. The van der Waals surface area contributed by atoms with E-state index in [1.165, 1.54) is 35.4 Å². The van der Waals surface area contributed by atoms with Gasteiger partial charge in [-0.2, -0.15) is 0 Å². The molecule has 0 radical (unpaired) electrons. The molecule has 0 unspecified atom stereocenters. The molecule has 0 spiro atoms. The van der Waals surface area contributed by atoms with E-state index in [4.69, 9.17) is 0 Å². The number of para-hydroxylation sites is 1. The topological polar surface area (TPSA) is 102 Å². The van der Waals surface area contributed by atoms with Crippen LogP contribution in [0.1, 0.15) is 10.4 Å². The fourth-order valence-corrected chi connectivity index (χ4v) is 2.32. The van der Waals surface area contributed by atoms with Crippen molar-refractivity contribution < 1.29 is 19.5 Å². The highest BCUT2D eigenvalue weighted by Gasteiger charge is 2.38. The molecule has 1 aliphatic heterocycles. The van der Waals surface area contributed by atoms with E-state index in [0.29, 0.717) is 11.4 Å². The summed E-state index contributed by atoms with van der Waals surface area (Å²) >= 11 is 0. The van der Waals surface area contributed by atoms with Crippen molar-refractivity contribution in [1.29, 1.82) is 0 Å². The molecule has 0 saturated carbocycles. The van der Waals surface area contributed by atoms with Crippen LogP contribution in [-0.2, 0) is 4.79 Å². The third-order valence-electron chi connectivity index (χ3n) is 3.50. The minimum absolute atomic E-state index is 0.0358. The lowest BCUT2D eigenvalue weighted by Crippen LogP contribution is -2.36. The maximum Gasteiger partial charge on any atom is 0.329 e. The van der Waals surface area contributed by atoms with Gasteiger partial charge in [-0.1, -0.05) is 30.3 Å². The Labute approximate surface area is 137 Å². The normalized spacial score (nSPS) is 17.3. The van der Waals surface area contributed by atoms with Gasteiger partial charge in [-0.05, 0) is 29.8 Å². The summed E-state index contributed by atoms with van der Waals surface area (Å²) < 4.78 is 0. The van der Waals surface area contributed by atoms with Gasteiger partial charge in [0, 0.05) is 11.9 Å². The number of hydrogen-bond acceptors (Lipinski definition) is 5. The van der Waals surface area contributed by atoms with Gasteiger partial charge in [0.05, 0.1) is 11.7 Å². The second kappa shape index (κ2) is 6.33. The van der Waals surface area contributed by atoms with E-state index in [2.05, 4.69) is 10.3 Å². The standard InChI is InChI=1S/C17H13N3O4/c21-15-14(10-18-12-8-6-11(7-9-12)16(22)23)20(17(24)19-15)13-4-2-1-3-5-13/h1-10,14H,(H,22,23)(H,19,21,24)/p-1/t14-/m0/s1. The molecule has 1 fully saturated rings. The molecule has 0 aliphatic carbocycles. The quantitative estimate of drug-likeness (QED) is 0.666. The van der Waals surface area contributed by atoms with Crippen LogP contribution in [0.15, 0.2) is 59.6 Å². The zero-order chi connectivity index (χ0) is 17.1. The molecule has 24 heavy (non-hydrogen) atoms. The number of nitrogens with zero attached hydrogens (tertiary/aromatic N) is 2. The number of carboxylic acids is 1. The van der Waals surface area contributed by atoms with E-state index in [-0.39, 0.29) is 5.56 Å². The van der Waals surface area contributed by atoms with Gasteiger partial charge in [0.1, 0.15) is 0 Å². The molecule has 120 valence electrons. The molecule has 1 aliphatic rings. The zero-order valence-electron chi connectivity index (χ0n) is 12.4. The third-order valence-corrected chi connectivity index (χ3v) is 3.50. The van der Waals surface area contributed by atoms with Crippen molar-refractivity contribution in [3.63, 3.8) is 0 Å². The number of carbonyl (C=O) groups is 3. The van der Waals surface area contributed by atoms with E-state index in [1.807, 2.05) is 0 Å². The molecular formula is C17H12N3O4-. The Morgan fingerprint density at radius 3 is 2.38 bits per heavy atom. The number of carboxylic acid groups (broad SMARTS) is 1. The smallest absolute Gasteiger partial charge is 0.329 e. The lowest BCUT2D eigenvalue weighted by Gasteiger charge is -2.18. The van der Waals surface area contributed by atoms with Crippen molar-refractivity contribution in [3.05, 3.63) is 60.2 Å². The van der Waals surface area contributed by atoms with Crippen molar-refractivity contribution in [2.75, 3.05) is 4.90 Å². The number of aliphatic imine (C=N–C) groups is 1. The molecule has 7 heteroatoms. The number of urea groups is 1. The second-order valence-corrected chi connectivity index (χ2v) is 5.06. The summed E-state index contributed by atoms with van der Waals surface area (Å²) in [6.07, 6.45) is 1.35. The average molecular weight is 322 g/mol. The van der Waals surface area contributed by atoms with Gasteiger partial charge in [-0.3, -0.25) is 20.0 Å². The first-order valence-corrected chi connectivity index (χ1v) is 7.11. The van der Waals surface area contributed by atoms with Gasteiger partial charge in [-0.25, -0.2) is 4.79 Å². The molecule has 0 aromatic heterocycles. The van der Waals surface area contributed by atoms with Crippen molar-refractivity contribution in [2.24, 2.45) is 4.99 Å². The van der Waals surface area contributed by atoms with E-state index in [0.717, 1.165) is 0 Å². The summed E-state index contributed by atoms with van der Waals surface area (Å²) in [7, 11) is 0. The fourth-order valence-electron chi connectivity index (χ4n) is 2.32. The number of benzene rings is 2. The summed E-state index contributed by atoms with van der Waals surface area (Å²) in [5.41, 5.74) is 1.07. The van der Waals surface area contributed by atoms with Crippen LogP contribution in [0, 0.1) is 0 Å². The minimum Gasteiger partial charge on any atom is -0.545 e. The first-order chi connectivity index (χ1) is 11.6. The SMILES string of the molecule is O=C([O-])c1ccc(N=C[C@H]2C(=O)NC(=O)N2c2ccccc2)cc1. The monoisotopic (exact) mass is 322 g/mol. The lowest BCUT2D eigenvalue weighted by atomic mass is 10.2. The summed E-state index contributed by atoms with van der Waals surface area (Å²) in [4.78, 5) is 40.1. The Morgan fingerprint density at radius 1 is 1.08 bits per heavy atom. The summed E-state index contributed by atoms with van der Waals surface area (Å²) in [5, 5.41) is 13.0. The van der Waals surface area contributed by atoms with Gasteiger partial charge in [0.15, 0.2) is 6.04 Å². The van der Waals surface area contributed by atoms with Crippen LogP contribution in [0.4, 0.5) is 16.2 Å². The number of imide groups is 1. The number of anilines is 1. The first kappa shape index (κ1) is 15.4. The minimum atomic E-state index is -1.28. The van der Waals surface area contributed by atoms with Gasteiger partial charge in [0.25, 0.3) is 5.91 Å². The van der Waals surface area contributed by atoms with Crippen molar-refractivity contribution >= 4 is 35.5 Å². The molecule has 1 atom stereocenters. The van der Waals surface area contributed by atoms with Crippen LogP contribution >= 0.6 is 0 Å². The van der Waals surface area contributed by atoms with Crippen LogP contribution in [0.5, 0.6) is 0 Å². The highest BCUT2D eigenvalue weighted by Crippen LogP contribution is 2.21. The highest BCUT2D eigenvalue weighted by atomic mass is 16.4. The number of carbonyl (C=O) groups excluding carboxylic acids is 3. The van der Waals surface area contributed by atoms with Crippen LogP contribution in [0.25, 0.3) is 0 Å². The Morgan fingerprint density at radius 2 is 1.75 bits per heavy atom. The van der Waals surface area contributed by atoms with Crippen molar-refractivity contribution in [1.82, 2.24) is 5.32 Å². The van der Waals surface area contributed by atoms with E-state index < -0.39 is 23.9 Å². The molecule has 0 bridgehead atoms. The van der Waals surface area contributed by atoms with Gasteiger partial charge >= 0.3 is 6.03 Å².